The Morgan fingerprint density at radius 3 is 2.81 bits per heavy atom. The maximum absolute atomic E-state index is 12.6. The first-order chi connectivity index (χ1) is 10.1. The third-order valence-corrected chi connectivity index (χ3v) is 3.68. The molecule has 0 unspecified atom stereocenters. The maximum atomic E-state index is 12.6. The highest BCUT2D eigenvalue weighted by Crippen LogP contribution is 2.31. The standard InChI is InChI=1S/C15H15N3O3/c1-17-9-10(8-16-17)14(19)18-7-3-5-11-12(15(20)21)4-2-6-13(11)18/h2,4,6,8-9H,3,5,7H2,1H3,(H,20,21). The number of hydrogen-bond acceptors (Lipinski definition) is 3. The summed E-state index contributed by atoms with van der Waals surface area (Å²) in [6.07, 6.45) is 4.62. The molecule has 21 heavy (non-hydrogen) atoms. The van der Waals surface area contributed by atoms with Crippen molar-refractivity contribution in [1.82, 2.24) is 9.78 Å². The van der Waals surface area contributed by atoms with Gasteiger partial charge in [-0.3, -0.25) is 9.48 Å². The second kappa shape index (κ2) is 5.05. The number of aryl methyl sites for hydroxylation is 1. The number of aromatic carboxylic acids is 1. The quantitative estimate of drug-likeness (QED) is 0.911. The number of rotatable bonds is 2. The lowest BCUT2D eigenvalue weighted by atomic mass is 9.96. The Hall–Kier alpha value is -2.63. The molecule has 2 aromatic rings. The molecule has 0 fully saturated rings. The second-order valence-corrected chi connectivity index (χ2v) is 5.07. The summed E-state index contributed by atoms with van der Waals surface area (Å²) in [5, 5.41) is 13.3. The molecule has 0 bridgehead atoms. The van der Waals surface area contributed by atoms with E-state index in [0.29, 0.717) is 24.2 Å². The highest BCUT2D eigenvalue weighted by molar-refractivity contribution is 6.07. The maximum Gasteiger partial charge on any atom is 0.336 e. The number of carbonyl (C=O) groups excluding carboxylic acids is 1. The van der Waals surface area contributed by atoms with Crippen LogP contribution in [-0.2, 0) is 13.5 Å². The third kappa shape index (κ3) is 2.29. The van der Waals surface area contributed by atoms with Crippen molar-refractivity contribution in [2.45, 2.75) is 12.8 Å². The molecule has 0 aliphatic carbocycles. The van der Waals surface area contributed by atoms with Gasteiger partial charge >= 0.3 is 5.97 Å². The molecule has 6 heteroatoms. The van der Waals surface area contributed by atoms with E-state index in [4.69, 9.17) is 0 Å². The van der Waals surface area contributed by atoms with Crippen LogP contribution in [0.5, 0.6) is 0 Å². The first-order valence-corrected chi connectivity index (χ1v) is 6.73. The summed E-state index contributed by atoms with van der Waals surface area (Å²) in [6, 6.07) is 5.06. The van der Waals surface area contributed by atoms with Crippen molar-refractivity contribution in [3.63, 3.8) is 0 Å². The lowest BCUT2D eigenvalue weighted by molar-refractivity contribution is 0.0695. The number of hydrogen-bond donors (Lipinski definition) is 1. The van der Waals surface area contributed by atoms with Crippen LogP contribution in [0, 0.1) is 0 Å². The number of fused-ring (bicyclic) bond motifs is 1. The van der Waals surface area contributed by atoms with Crippen LogP contribution in [0.2, 0.25) is 0 Å². The van der Waals surface area contributed by atoms with Crippen molar-refractivity contribution in [2.75, 3.05) is 11.4 Å². The van der Waals surface area contributed by atoms with Crippen molar-refractivity contribution in [2.24, 2.45) is 7.05 Å². The fourth-order valence-corrected chi connectivity index (χ4v) is 2.72. The molecule has 0 spiro atoms. The van der Waals surface area contributed by atoms with Crippen LogP contribution in [0.25, 0.3) is 0 Å². The molecule has 1 N–H and O–H groups in total. The third-order valence-electron chi connectivity index (χ3n) is 3.68. The van der Waals surface area contributed by atoms with E-state index < -0.39 is 5.97 Å². The Morgan fingerprint density at radius 2 is 2.14 bits per heavy atom. The molecule has 2 heterocycles. The highest BCUT2D eigenvalue weighted by atomic mass is 16.4. The molecule has 108 valence electrons. The van der Waals surface area contributed by atoms with E-state index in [2.05, 4.69) is 5.10 Å². The molecular weight excluding hydrogens is 270 g/mol. The Morgan fingerprint density at radius 1 is 1.33 bits per heavy atom. The van der Waals surface area contributed by atoms with E-state index in [0.717, 1.165) is 12.0 Å². The number of carbonyl (C=O) groups is 2. The molecule has 1 aromatic heterocycles. The second-order valence-electron chi connectivity index (χ2n) is 5.07. The monoisotopic (exact) mass is 285 g/mol. The molecule has 1 aliphatic heterocycles. The number of benzene rings is 1. The van der Waals surface area contributed by atoms with E-state index in [1.54, 1.807) is 41.0 Å². The summed E-state index contributed by atoms with van der Waals surface area (Å²) < 4.78 is 1.58. The van der Waals surface area contributed by atoms with Crippen LogP contribution in [0.3, 0.4) is 0 Å². The molecule has 0 saturated carbocycles. The number of anilines is 1. The van der Waals surface area contributed by atoms with E-state index >= 15 is 0 Å². The molecule has 0 saturated heterocycles. The van der Waals surface area contributed by atoms with Crippen LogP contribution < -0.4 is 4.90 Å². The minimum Gasteiger partial charge on any atom is -0.478 e. The van der Waals surface area contributed by atoms with Gasteiger partial charge in [-0.25, -0.2) is 4.79 Å². The average Bonchev–Trinajstić information content (AvgIpc) is 2.91. The fraction of sp³-hybridized carbons (Fsp3) is 0.267. The van der Waals surface area contributed by atoms with Gasteiger partial charge in [0.25, 0.3) is 5.91 Å². The van der Waals surface area contributed by atoms with E-state index in [-0.39, 0.29) is 11.5 Å². The Bertz CT molecular complexity index is 721. The molecule has 1 aliphatic rings. The minimum absolute atomic E-state index is 0.147. The summed E-state index contributed by atoms with van der Waals surface area (Å²) in [4.78, 5) is 25.5. The zero-order valence-corrected chi connectivity index (χ0v) is 11.6. The van der Waals surface area contributed by atoms with E-state index in [1.807, 2.05) is 0 Å². The van der Waals surface area contributed by atoms with Gasteiger partial charge in [0.1, 0.15) is 0 Å². The first-order valence-electron chi connectivity index (χ1n) is 6.73. The van der Waals surface area contributed by atoms with Gasteiger partial charge < -0.3 is 10.0 Å². The molecular formula is C15H15N3O3. The smallest absolute Gasteiger partial charge is 0.336 e. The Balaban J connectivity index is 2.03. The summed E-state index contributed by atoms with van der Waals surface area (Å²) in [6.45, 7) is 0.587. The summed E-state index contributed by atoms with van der Waals surface area (Å²) >= 11 is 0. The van der Waals surface area contributed by atoms with E-state index in [9.17, 15) is 14.7 Å². The summed E-state index contributed by atoms with van der Waals surface area (Å²) in [5.41, 5.74) is 2.20. The molecule has 0 atom stereocenters. The summed E-state index contributed by atoms with van der Waals surface area (Å²) in [7, 11) is 1.75. The van der Waals surface area contributed by atoms with Crippen molar-refractivity contribution in [1.29, 1.82) is 0 Å². The zero-order chi connectivity index (χ0) is 15.0. The average molecular weight is 285 g/mol. The molecule has 6 nitrogen and oxygen atoms in total. The molecule has 1 amide bonds. The SMILES string of the molecule is Cn1cc(C(=O)N2CCCc3c(C(=O)O)cccc32)cn1. The predicted molar refractivity (Wildman–Crippen MR) is 76.6 cm³/mol. The molecule has 0 radical (unpaired) electrons. The van der Waals surface area contributed by atoms with Gasteiger partial charge in [0.05, 0.1) is 17.3 Å². The first kappa shape index (κ1) is 13.4. The zero-order valence-electron chi connectivity index (χ0n) is 11.6. The molecule has 1 aromatic carbocycles. The van der Waals surface area contributed by atoms with Crippen LogP contribution >= 0.6 is 0 Å². The number of carboxylic acid groups (broad SMARTS) is 1. The highest BCUT2D eigenvalue weighted by Gasteiger charge is 2.27. The normalized spacial score (nSPS) is 13.9. The van der Waals surface area contributed by atoms with Crippen LogP contribution in [0.1, 0.15) is 32.7 Å². The summed E-state index contributed by atoms with van der Waals surface area (Å²) in [5.74, 6) is -1.10. The van der Waals surface area contributed by atoms with Crippen LogP contribution in [0.4, 0.5) is 5.69 Å². The van der Waals surface area contributed by atoms with Gasteiger partial charge in [0.15, 0.2) is 0 Å². The predicted octanol–water partition coefficient (Wildman–Crippen LogP) is 1.71. The number of carboxylic acids is 1. The molecule has 3 rings (SSSR count). The fourth-order valence-electron chi connectivity index (χ4n) is 2.72. The van der Waals surface area contributed by atoms with Crippen molar-refractivity contribution >= 4 is 17.6 Å². The van der Waals surface area contributed by atoms with Gasteiger partial charge in [0, 0.05) is 25.5 Å². The van der Waals surface area contributed by atoms with Crippen LogP contribution in [0.15, 0.2) is 30.6 Å². The van der Waals surface area contributed by atoms with Gasteiger partial charge in [-0.15, -0.1) is 0 Å². The topological polar surface area (TPSA) is 75.4 Å². The van der Waals surface area contributed by atoms with E-state index in [1.165, 1.54) is 6.20 Å². The number of nitrogens with zero attached hydrogens (tertiary/aromatic N) is 3. The Labute approximate surface area is 121 Å². The van der Waals surface area contributed by atoms with Crippen LogP contribution in [-0.4, -0.2) is 33.3 Å². The largest absolute Gasteiger partial charge is 0.478 e. The van der Waals surface area contributed by atoms with Gasteiger partial charge in [-0.05, 0) is 30.5 Å². The van der Waals surface area contributed by atoms with Crippen molar-refractivity contribution in [3.05, 3.63) is 47.3 Å². The minimum atomic E-state index is -0.956. The Kier molecular flexibility index (Phi) is 3.21. The lowest BCUT2D eigenvalue weighted by Gasteiger charge is -2.30. The lowest BCUT2D eigenvalue weighted by Crippen LogP contribution is -2.36. The number of amides is 1. The van der Waals surface area contributed by atoms with Gasteiger partial charge in [0.2, 0.25) is 0 Å². The van der Waals surface area contributed by atoms with Crippen molar-refractivity contribution in [3.8, 4) is 0 Å². The van der Waals surface area contributed by atoms with Gasteiger partial charge in [-0.1, -0.05) is 6.07 Å². The number of aromatic nitrogens is 2. The van der Waals surface area contributed by atoms with Gasteiger partial charge in [-0.2, -0.15) is 5.10 Å². The van der Waals surface area contributed by atoms with Crippen molar-refractivity contribution < 1.29 is 14.7 Å².